The second-order valence-corrected chi connectivity index (χ2v) is 10.0. The second kappa shape index (κ2) is 9.85. The fraction of sp³-hybridized carbons (Fsp3) is 0.200. The second-order valence-electron chi connectivity index (χ2n) is 10.0. The van der Waals surface area contributed by atoms with Crippen molar-refractivity contribution in [2.75, 3.05) is 23.0 Å². The fourth-order valence-corrected chi connectivity index (χ4v) is 4.30. The highest BCUT2D eigenvalue weighted by Crippen LogP contribution is 2.36. The molecular formula is C30H31N7. The predicted molar refractivity (Wildman–Crippen MR) is 153 cm³/mol. The highest BCUT2D eigenvalue weighted by atomic mass is 15.0. The standard InChI is InChI=1S/C30H31N7/c1-19-11-12-23-22(13-15-33-28(23)36-21-9-6-8-20(16-21)30(2,3)4)27(19)37-29-24(10-7-14-32-29)25-17-26(31-5)35-18-34-25/h6-18H,1-5H3,(H,32,37)(H,33,36)(H,31,34,35). The molecule has 0 amide bonds. The van der Waals surface area contributed by atoms with Crippen molar-refractivity contribution in [2.45, 2.75) is 33.1 Å². The van der Waals surface area contributed by atoms with E-state index in [4.69, 9.17) is 0 Å². The van der Waals surface area contributed by atoms with E-state index >= 15 is 0 Å². The van der Waals surface area contributed by atoms with Gasteiger partial charge in [-0.25, -0.2) is 19.9 Å². The van der Waals surface area contributed by atoms with Gasteiger partial charge in [0.15, 0.2) is 0 Å². The van der Waals surface area contributed by atoms with Gasteiger partial charge in [-0.1, -0.05) is 45.0 Å². The summed E-state index contributed by atoms with van der Waals surface area (Å²) in [6.45, 7) is 8.75. The Morgan fingerprint density at radius 1 is 0.730 bits per heavy atom. The topological polar surface area (TPSA) is 87.7 Å². The lowest BCUT2D eigenvalue weighted by Crippen LogP contribution is -2.11. The van der Waals surface area contributed by atoms with E-state index in [1.165, 1.54) is 5.56 Å². The van der Waals surface area contributed by atoms with Crippen molar-refractivity contribution >= 4 is 39.6 Å². The van der Waals surface area contributed by atoms with Gasteiger partial charge in [-0.05, 0) is 53.8 Å². The summed E-state index contributed by atoms with van der Waals surface area (Å²) in [7, 11) is 1.84. The van der Waals surface area contributed by atoms with E-state index in [1.807, 2.05) is 37.5 Å². The maximum atomic E-state index is 4.68. The van der Waals surface area contributed by atoms with Crippen LogP contribution in [0.4, 0.5) is 28.8 Å². The average molecular weight is 490 g/mol. The number of pyridine rings is 2. The van der Waals surface area contributed by atoms with Gasteiger partial charge in [0, 0.05) is 47.5 Å². The summed E-state index contributed by atoms with van der Waals surface area (Å²) in [6, 6.07) is 20.6. The fourth-order valence-electron chi connectivity index (χ4n) is 4.30. The van der Waals surface area contributed by atoms with Crippen LogP contribution in [0.15, 0.2) is 79.4 Å². The molecule has 0 saturated heterocycles. The summed E-state index contributed by atoms with van der Waals surface area (Å²) in [4.78, 5) is 18.0. The molecular weight excluding hydrogens is 458 g/mol. The summed E-state index contributed by atoms with van der Waals surface area (Å²) in [5.41, 5.74) is 6.11. The number of aryl methyl sites for hydroxylation is 1. The lowest BCUT2D eigenvalue weighted by Gasteiger charge is -2.20. The van der Waals surface area contributed by atoms with Crippen molar-refractivity contribution in [2.24, 2.45) is 0 Å². The Kier molecular flexibility index (Phi) is 6.44. The van der Waals surface area contributed by atoms with Gasteiger partial charge in [0.1, 0.15) is 23.8 Å². The molecule has 0 radical (unpaired) electrons. The molecule has 3 heterocycles. The van der Waals surface area contributed by atoms with Crippen LogP contribution in [0.25, 0.3) is 22.0 Å². The van der Waals surface area contributed by atoms with Crippen LogP contribution in [0.3, 0.4) is 0 Å². The average Bonchev–Trinajstić information content (AvgIpc) is 2.90. The van der Waals surface area contributed by atoms with Crippen molar-refractivity contribution in [1.29, 1.82) is 0 Å². The molecule has 2 aromatic carbocycles. The first-order valence-corrected chi connectivity index (χ1v) is 12.3. The zero-order valence-corrected chi connectivity index (χ0v) is 21.8. The maximum absolute atomic E-state index is 4.68. The van der Waals surface area contributed by atoms with Gasteiger partial charge in [0.05, 0.1) is 11.4 Å². The van der Waals surface area contributed by atoms with Crippen LogP contribution in [-0.4, -0.2) is 27.0 Å². The van der Waals surface area contributed by atoms with Gasteiger partial charge >= 0.3 is 0 Å². The van der Waals surface area contributed by atoms with Gasteiger partial charge in [0.2, 0.25) is 0 Å². The Balaban J connectivity index is 1.55. The molecule has 0 unspecified atom stereocenters. The third kappa shape index (κ3) is 5.07. The molecule has 186 valence electrons. The predicted octanol–water partition coefficient (Wildman–Crippen LogP) is 7.22. The Bertz CT molecular complexity index is 1570. The molecule has 5 aromatic rings. The SMILES string of the molecule is CNc1cc(-c2cccnc2Nc2c(C)ccc3c(Nc4cccc(C(C)(C)C)c4)nccc23)ncn1. The molecule has 0 atom stereocenters. The Hall–Kier alpha value is -4.52. The molecule has 0 aliphatic heterocycles. The Morgan fingerprint density at radius 2 is 1.57 bits per heavy atom. The first-order valence-electron chi connectivity index (χ1n) is 12.3. The van der Waals surface area contributed by atoms with E-state index in [9.17, 15) is 0 Å². The molecule has 0 saturated carbocycles. The van der Waals surface area contributed by atoms with Crippen LogP contribution in [-0.2, 0) is 5.41 Å². The number of benzene rings is 2. The summed E-state index contributed by atoms with van der Waals surface area (Å²) in [5, 5.41) is 12.3. The maximum Gasteiger partial charge on any atom is 0.139 e. The van der Waals surface area contributed by atoms with Crippen LogP contribution in [0.1, 0.15) is 31.9 Å². The monoisotopic (exact) mass is 489 g/mol. The summed E-state index contributed by atoms with van der Waals surface area (Å²) < 4.78 is 0. The molecule has 7 nitrogen and oxygen atoms in total. The number of aromatic nitrogens is 4. The highest BCUT2D eigenvalue weighted by molar-refractivity contribution is 6.03. The molecule has 0 aliphatic rings. The van der Waals surface area contributed by atoms with Gasteiger partial charge in [-0.15, -0.1) is 0 Å². The van der Waals surface area contributed by atoms with Crippen molar-refractivity contribution < 1.29 is 0 Å². The third-order valence-electron chi connectivity index (χ3n) is 6.40. The summed E-state index contributed by atoms with van der Waals surface area (Å²) in [6.07, 6.45) is 5.18. The molecule has 7 heteroatoms. The molecule has 0 bridgehead atoms. The number of hydrogen-bond acceptors (Lipinski definition) is 7. The van der Waals surface area contributed by atoms with Crippen LogP contribution >= 0.6 is 0 Å². The number of rotatable bonds is 6. The minimum atomic E-state index is 0.0656. The van der Waals surface area contributed by atoms with Crippen LogP contribution < -0.4 is 16.0 Å². The largest absolute Gasteiger partial charge is 0.373 e. The van der Waals surface area contributed by atoms with Crippen molar-refractivity contribution in [3.8, 4) is 11.3 Å². The van der Waals surface area contributed by atoms with Crippen molar-refractivity contribution in [3.05, 3.63) is 90.5 Å². The van der Waals surface area contributed by atoms with E-state index in [0.717, 1.165) is 56.4 Å². The number of anilines is 5. The van der Waals surface area contributed by atoms with E-state index in [-0.39, 0.29) is 5.41 Å². The van der Waals surface area contributed by atoms with E-state index in [1.54, 1.807) is 12.5 Å². The van der Waals surface area contributed by atoms with E-state index < -0.39 is 0 Å². The number of fused-ring (bicyclic) bond motifs is 1. The first kappa shape index (κ1) is 24.2. The number of nitrogens with one attached hydrogen (secondary N) is 3. The molecule has 0 aliphatic carbocycles. The Morgan fingerprint density at radius 3 is 2.38 bits per heavy atom. The number of hydrogen-bond donors (Lipinski definition) is 3. The summed E-state index contributed by atoms with van der Waals surface area (Å²) >= 11 is 0. The number of nitrogens with zero attached hydrogens (tertiary/aromatic N) is 4. The van der Waals surface area contributed by atoms with E-state index in [0.29, 0.717) is 0 Å². The van der Waals surface area contributed by atoms with Crippen LogP contribution in [0, 0.1) is 6.92 Å². The molecule has 37 heavy (non-hydrogen) atoms. The normalized spacial score (nSPS) is 11.4. The zero-order chi connectivity index (χ0) is 26.0. The molecule has 3 N–H and O–H groups in total. The van der Waals surface area contributed by atoms with Crippen LogP contribution in [0.2, 0.25) is 0 Å². The molecule has 5 rings (SSSR count). The van der Waals surface area contributed by atoms with Gasteiger partial charge in [-0.2, -0.15) is 0 Å². The lowest BCUT2D eigenvalue weighted by atomic mass is 9.87. The smallest absolute Gasteiger partial charge is 0.139 e. The van der Waals surface area contributed by atoms with E-state index in [2.05, 4.69) is 100.0 Å². The lowest BCUT2D eigenvalue weighted by molar-refractivity contribution is 0.590. The first-order chi connectivity index (χ1) is 17.8. The quantitative estimate of drug-likeness (QED) is 0.232. The Labute approximate surface area is 217 Å². The van der Waals surface area contributed by atoms with Crippen molar-refractivity contribution in [3.63, 3.8) is 0 Å². The molecule has 3 aromatic heterocycles. The van der Waals surface area contributed by atoms with Gasteiger partial charge in [-0.3, -0.25) is 0 Å². The minimum absolute atomic E-state index is 0.0656. The third-order valence-corrected chi connectivity index (χ3v) is 6.40. The van der Waals surface area contributed by atoms with Crippen molar-refractivity contribution in [1.82, 2.24) is 19.9 Å². The molecule has 0 fully saturated rings. The minimum Gasteiger partial charge on any atom is -0.373 e. The van der Waals surface area contributed by atoms with Gasteiger partial charge < -0.3 is 16.0 Å². The highest BCUT2D eigenvalue weighted by Gasteiger charge is 2.16. The molecule has 0 spiro atoms. The zero-order valence-electron chi connectivity index (χ0n) is 21.8. The summed E-state index contributed by atoms with van der Waals surface area (Å²) in [5.74, 6) is 2.28. The van der Waals surface area contributed by atoms with Gasteiger partial charge in [0.25, 0.3) is 0 Å². The van der Waals surface area contributed by atoms with Crippen LogP contribution in [0.5, 0.6) is 0 Å².